The summed E-state index contributed by atoms with van der Waals surface area (Å²) in [7, 11) is 0. The molecule has 0 unspecified atom stereocenters. The molecule has 1 saturated carbocycles. The maximum Gasteiger partial charge on any atom is 0.231 e. The van der Waals surface area contributed by atoms with Crippen LogP contribution < -0.4 is 14.4 Å². The van der Waals surface area contributed by atoms with Gasteiger partial charge in [-0.15, -0.1) is 0 Å². The summed E-state index contributed by atoms with van der Waals surface area (Å²) in [6.07, 6.45) is 6.25. The number of ether oxygens (including phenoxy) is 2. The molecule has 1 aromatic carbocycles. The second kappa shape index (κ2) is 5.60. The molecule has 0 saturated heterocycles. The smallest absolute Gasteiger partial charge is 0.231 e. The molecule has 1 N–H and O–H groups in total. The maximum atomic E-state index is 5.52. The number of aromatic nitrogens is 4. The SMILES string of the molecule is c1cn2c(n1)CN(c1ccc3c(c1)OCO3)CC2=Nc1cc(C2CC2)[nH]n1. The second-order valence-corrected chi connectivity index (χ2v) is 7.09. The monoisotopic (exact) mass is 362 g/mol. The first kappa shape index (κ1) is 14.8. The predicted molar refractivity (Wildman–Crippen MR) is 98.9 cm³/mol. The normalized spacial score (nSPS) is 19.6. The molecule has 4 heterocycles. The minimum Gasteiger partial charge on any atom is -0.454 e. The van der Waals surface area contributed by atoms with E-state index in [0.29, 0.717) is 19.0 Å². The van der Waals surface area contributed by atoms with E-state index in [2.05, 4.69) is 30.7 Å². The van der Waals surface area contributed by atoms with Crippen LogP contribution in [0.5, 0.6) is 11.5 Å². The van der Waals surface area contributed by atoms with Crippen LogP contribution >= 0.6 is 0 Å². The Bertz CT molecular complexity index is 1050. The van der Waals surface area contributed by atoms with Gasteiger partial charge in [0.15, 0.2) is 17.3 Å². The molecule has 3 aliphatic rings. The van der Waals surface area contributed by atoms with E-state index >= 15 is 0 Å². The highest BCUT2D eigenvalue weighted by Gasteiger charge is 2.27. The molecule has 136 valence electrons. The Morgan fingerprint density at radius 3 is 2.96 bits per heavy atom. The molecule has 1 aliphatic carbocycles. The lowest BCUT2D eigenvalue weighted by Crippen LogP contribution is -2.39. The molecule has 2 aromatic heterocycles. The van der Waals surface area contributed by atoms with Crippen LogP contribution in [-0.2, 0) is 6.54 Å². The van der Waals surface area contributed by atoms with Gasteiger partial charge in [0, 0.05) is 41.8 Å². The first-order chi connectivity index (χ1) is 13.3. The summed E-state index contributed by atoms with van der Waals surface area (Å²) in [5, 5.41) is 7.49. The topological polar surface area (TPSA) is 80.6 Å². The van der Waals surface area contributed by atoms with Gasteiger partial charge in [-0.1, -0.05) is 0 Å². The molecular formula is C19H18N6O2. The van der Waals surface area contributed by atoms with Gasteiger partial charge < -0.3 is 14.4 Å². The van der Waals surface area contributed by atoms with E-state index in [9.17, 15) is 0 Å². The van der Waals surface area contributed by atoms with Crippen molar-refractivity contribution in [1.29, 1.82) is 0 Å². The molecule has 0 atom stereocenters. The second-order valence-electron chi connectivity index (χ2n) is 7.09. The molecule has 1 fully saturated rings. The Labute approximate surface area is 155 Å². The van der Waals surface area contributed by atoms with Crippen LogP contribution in [0.3, 0.4) is 0 Å². The van der Waals surface area contributed by atoms with Crippen molar-refractivity contribution in [3.05, 3.63) is 48.2 Å². The van der Waals surface area contributed by atoms with Crippen molar-refractivity contribution in [1.82, 2.24) is 19.7 Å². The van der Waals surface area contributed by atoms with Crippen molar-refractivity contribution in [2.24, 2.45) is 4.99 Å². The number of aliphatic imine (C=N–C) groups is 1. The number of H-pyrrole nitrogens is 1. The van der Waals surface area contributed by atoms with Crippen LogP contribution in [0.25, 0.3) is 0 Å². The molecule has 8 heteroatoms. The lowest BCUT2D eigenvalue weighted by molar-refractivity contribution is 0.174. The van der Waals surface area contributed by atoms with E-state index in [1.54, 1.807) is 0 Å². The number of benzene rings is 1. The summed E-state index contributed by atoms with van der Waals surface area (Å²) in [6, 6.07) is 8.06. The molecule has 6 rings (SSSR count). The first-order valence-electron chi connectivity index (χ1n) is 9.13. The van der Waals surface area contributed by atoms with Crippen molar-refractivity contribution in [3.8, 4) is 11.5 Å². The summed E-state index contributed by atoms with van der Waals surface area (Å²) in [5.41, 5.74) is 2.24. The summed E-state index contributed by atoms with van der Waals surface area (Å²) >= 11 is 0. The van der Waals surface area contributed by atoms with Gasteiger partial charge >= 0.3 is 0 Å². The van der Waals surface area contributed by atoms with E-state index in [0.717, 1.165) is 34.7 Å². The first-order valence-corrected chi connectivity index (χ1v) is 9.13. The molecule has 0 amide bonds. The van der Waals surface area contributed by atoms with Gasteiger partial charge in [0.1, 0.15) is 11.7 Å². The quantitative estimate of drug-likeness (QED) is 0.775. The Hall–Kier alpha value is -3.29. The van der Waals surface area contributed by atoms with Gasteiger partial charge in [-0.3, -0.25) is 9.67 Å². The number of nitrogens with one attached hydrogen (secondary N) is 1. The molecule has 8 nitrogen and oxygen atoms in total. The third-order valence-electron chi connectivity index (χ3n) is 5.23. The fourth-order valence-electron chi connectivity index (χ4n) is 3.63. The molecule has 0 bridgehead atoms. The maximum absolute atomic E-state index is 5.52. The largest absolute Gasteiger partial charge is 0.454 e. The zero-order valence-electron chi connectivity index (χ0n) is 14.6. The average molecular weight is 362 g/mol. The third kappa shape index (κ3) is 2.56. The van der Waals surface area contributed by atoms with Crippen molar-refractivity contribution in [2.75, 3.05) is 18.2 Å². The number of rotatable bonds is 3. The van der Waals surface area contributed by atoms with Crippen LogP contribution in [-0.4, -0.2) is 38.9 Å². The zero-order valence-corrected chi connectivity index (χ0v) is 14.6. The fourth-order valence-corrected chi connectivity index (χ4v) is 3.63. The van der Waals surface area contributed by atoms with Gasteiger partial charge in [0.05, 0.1) is 13.1 Å². The van der Waals surface area contributed by atoms with Gasteiger partial charge in [-0.25, -0.2) is 9.98 Å². The van der Waals surface area contributed by atoms with Crippen molar-refractivity contribution in [2.45, 2.75) is 25.3 Å². The number of imidazole rings is 1. The van der Waals surface area contributed by atoms with E-state index in [4.69, 9.17) is 14.5 Å². The summed E-state index contributed by atoms with van der Waals surface area (Å²) in [5.74, 6) is 4.78. The fraction of sp³-hybridized carbons (Fsp3) is 0.316. The van der Waals surface area contributed by atoms with Gasteiger partial charge in [0.25, 0.3) is 0 Å². The minimum atomic E-state index is 0.276. The standard InChI is InChI=1S/C19H18N6O2/c1-2-12(1)14-8-17(23-22-14)21-19-10-24(9-18-20-5-6-25(18)19)13-3-4-15-16(7-13)27-11-26-15/h3-8,12H,1-2,9-11H2,(H,22,23). The lowest BCUT2D eigenvalue weighted by Gasteiger charge is -2.30. The lowest BCUT2D eigenvalue weighted by atomic mass is 10.2. The highest BCUT2D eigenvalue weighted by molar-refractivity contribution is 5.92. The number of aromatic amines is 1. The van der Waals surface area contributed by atoms with Crippen LogP contribution in [0.4, 0.5) is 11.5 Å². The number of fused-ring (bicyclic) bond motifs is 2. The molecule has 3 aromatic rings. The zero-order chi connectivity index (χ0) is 17.8. The van der Waals surface area contributed by atoms with Gasteiger partial charge in [-0.05, 0) is 25.0 Å². The van der Waals surface area contributed by atoms with Gasteiger partial charge in [0.2, 0.25) is 6.79 Å². The minimum absolute atomic E-state index is 0.276. The Balaban J connectivity index is 1.35. The molecule has 0 spiro atoms. The Kier molecular flexibility index (Phi) is 3.08. The van der Waals surface area contributed by atoms with Crippen molar-refractivity contribution >= 4 is 17.3 Å². The van der Waals surface area contributed by atoms with Crippen LogP contribution in [0, 0.1) is 0 Å². The van der Waals surface area contributed by atoms with E-state index in [1.165, 1.54) is 18.5 Å². The van der Waals surface area contributed by atoms with Crippen LogP contribution in [0.1, 0.15) is 30.3 Å². The third-order valence-corrected chi connectivity index (χ3v) is 5.23. The molecular weight excluding hydrogens is 344 g/mol. The summed E-state index contributed by atoms with van der Waals surface area (Å²) in [4.78, 5) is 11.5. The number of hydrogen-bond donors (Lipinski definition) is 1. The number of hydrogen-bond acceptors (Lipinski definition) is 6. The summed E-state index contributed by atoms with van der Waals surface area (Å²) in [6.45, 7) is 1.65. The van der Waals surface area contributed by atoms with E-state index in [1.807, 2.05) is 30.6 Å². The highest BCUT2D eigenvalue weighted by atomic mass is 16.7. The van der Waals surface area contributed by atoms with E-state index in [-0.39, 0.29) is 6.79 Å². The van der Waals surface area contributed by atoms with Crippen LogP contribution in [0.15, 0.2) is 41.7 Å². The van der Waals surface area contributed by atoms with E-state index < -0.39 is 0 Å². The molecule has 2 aliphatic heterocycles. The van der Waals surface area contributed by atoms with Gasteiger partial charge in [-0.2, -0.15) is 5.10 Å². The summed E-state index contributed by atoms with van der Waals surface area (Å²) < 4.78 is 13.0. The average Bonchev–Trinajstić information content (AvgIpc) is 3.10. The molecule has 0 radical (unpaired) electrons. The Morgan fingerprint density at radius 2 is 2.04 bits per heavy atom. The highest BCUT2D eigenvalue weighted by Crippen LogP contribution is 2.40. The Morgan fingerprint density at radius 1 is 1.11 bits per heavy atom. The molecule has 27 heavy (non-hydrogen) atoms. The predicted octanol–water partition coefficient (Wildman–Crippen LogP) is 2.81. The van der Waals surface area contributed by atoms with Crippen LogP contribution in [0.2, 0.25) is 0 Å². The number of nitrogens with zero attached hydrogens (tertiary/aromatic N) is 5. The van der Waals surface area contributed by atoms with Crippen molar-refractivity contribution in [3.63, 3.8) is 0 Å². The van der Waals surface area contributed by atoms with Crippen molar-refractivity contribution < 1.29 is 9.47 Å². The number of anilines is 1.